The lowest BCUT2D eigenvalue weighted by Gasteiger charge is -2.23. The van der Waals surface area contributed by atoms with Crippen LogP contribution in [-0.2, 0) is 11.2 Å². The van der Waals surface area contributed by atoms with Crippen LogP contribution in [0.25, 0.3) is 10.8 Å². The average molecular weight is 381 g/mol. The van der Waals surface area contributed by atoms with Gasteiger partial charge in [0.15, 0.2) is 0 Å². The number of aromatic nitrogens is 1. The molecule has 0 saturated carbocycles. The molecule has 1 aromatic heterocycles. The molecule has 5 heteroatoms. The maximum atomic E-state index is 12.9. The topological polar surface area (TPSA) is 60.7 Å². The van der Waals surface area contributed by atoms with Gasteiger partial charge in [0.05, 0.1) is 12.6 Å². The van der Waals surface area contributed by atoms with Crippen molar-refractivity contribution in [2.45, 2.75) is 32.7 Å². The van der Waals surface area contributed by atoms with Gasteiger partial charge >= 0.3 is 0 Å². The number of nitrogens with zero attached hydrogens (tertiary/aromatic N) is 1. The highest BCUT2D eigenvalue weighted by Crippen LogP contribution is 2.32. The van der Waals surface area contributed by atoms with E-state index in [9.17, 15) is 9.90 Å². The van der Waals surface area contributed by atoms with Gasteiger partial charge in [0.2, 0.25) is 5.88 Å². The molecular weight excluding hydrogens is 354 g/mol. The van der Waals surface area contributed by atoms with Crippen molar-refractivity contribution in [1.29, 1.82) is 0 Å². The van der Waals surface area contributed by atoms with E-state index in [1.54, 1.807) is 13.2 Å². The highest BCUT2D eigenvalue weighted by molar-refractivity contribution is 5.86. The fraction of sp³-hybridized carbons (Fsp3) is 0.348. The van der Waals surface area contributed by atoms with Crippen LogP contribution >= 0.6 is 0 Å². The van der Waals surface area contributed by atoms with Gasteiger partial charge in [0.25, 0.3) is 5.56 Å². The van der Waals surface area contributed by atoms with Crippen molar-refractivity contribution in [2.24, 2.45) is 0 Å². The molecule has 28 heavy (non-hydrogen) atoms. The van der Waals surface area contributed by atoms with Gasteiger partial charge in [0, 0.05) is 25.2 Å². The minimum absolute atomic E-state index is 0.0262. The first-order chi connectivity index (χ1) is 13.6. The Bertz CT molecular complexity index is 1010. The molecule has 0 fully saturated rings. The second-order valence-electron chi connectivity index (χ2n) is 6.71. The Morgan fingerprint density at radius 1 is 1.11 bits per heavy atom. The van der Waals surface area contributed by atoms with Crippen LogP contribution in [0.4, 0.5) is 0 Å². The smallest absolute Gasteiger partial charge is 0.254 e. The van der Waals surface area contributed by atoms with Gasteiger partial charge in [-0.3, -0.25) is 9.36 Å². The van der Waals surface area contributed by atoms with E-state index in [0.717, 1.165) is 28.7 Å². The van der Waals surface area contributed by atoms with Crippen molar-refractivity contribution < 1.29 is 14.6 Å². The lowest BCUT2D eigenvalue weighted by molar-refractivity contribution is 0.181. The summed E-state index contributed by atoms with van der Waals surface area (Å²) in [4.78, 5) is 12.9. The maximum absolute atomic E-state index is 12.9. The van der Waals surface area contributed by atoms with Crippen molar-refractivity contribution in [3.05, 3.63) is 70.0 Å². The summed E-state index contributed by atoms with van der Waals surface area (Å²) in [6.45, 7) is 5.07. The standard InChI is InChI=1S/C23H27NO4/c1-4-16-10-11-18(14-21(16)28-5-2)20(12-13-27-3)24-22(25)15-17-8-6-7-9-19(17)23(24)26/h6-11,14-15,20,26H,4-5,12-13H2,1-3H3. The van der Waals surface area contributed by atoms with E-state index in [1.807, 2.05) is 49.4 Å². The number of pyridine rings is 1. The molecule has 0 spiro atoms. The number of fused-ring (bicyclic) bond motifs is 1. The van der Waals surface area contributed by atoms with Gasteiger partial charge in [-0.05, 0) is 48.4 Å². The minimum atomic E-state index is -0.359. The predicted octanol–water partition coefficient (Wildman–Crippen LogP) is 4.29. The lowest BCUT2D eigenvalue weighted by Crippen LogP contribution is -2.26. The van der Waals surface area contributed by atoms with Gasteiger partial charge < -0.3 is 14.6 Å². The Balaban J connectivity index is 2.18. The first kappa shape index (κ1) is 20.0. The van der Waals surface area contributed by atoms with Crippen LogP contribution in [0.5, 0.6) is 11.6 Å². The Morgan fingerprint density at radius 2 is 1.89 bits per heavy atom. The second kappa shape index (κ2) is 8.93. The van der Waals surface area contributed by atoms with Crippen molar-refractivity contribution in [3.63, 3.8) is 0 Å². The third kappa shape index (κ3) is 3.90. The summed E-state index contributed by atoms with van der Waals surface area (Å²) in [7, 11) is 1.63. The monoisotopic (exact) mass is 381 g/mol. The van der Waals surface area contributed by atoms with E-state index in [0.29, 0.717) is 25.0 Å². The molecule has 0 radical (unpaired) electrons. The second-order valence-corrected chi connectivity index (χ2v) is 6.71. The summed E-state index contributed by atoms with van der Waals surface area (Å²) in [6, 6.07) is 14.6. The van der Waals surface area contributed by atoms with Crippen LogP contribution in [0.2, 0.25) is 0 Å². The molecule has 0 aliphatic carbocycles. The minimum Gasteiger partial charge on any atom is -0.494 e. The van der Waals surface area contributed by atoms with E-state index in [4.69, 9.17) is 9.47 Å². The van der Waals surface area contributed by atoms with Gasteiger partial charge in [-0.15, -0.1) is 0 Å². The highest BCUT2D eigenvalue weighted by Gasteiger charge is 2.21. The third-order valence-corrected chi connectivity index (χ3v) is 5.01. The Morgan fingerprint density at radius 3 is 2.61 bits per heavy atom. The molecule has 1 N–H and O–H groups in total. The van der Waals surface area contributed by atoms with E-state index in [2.05, 4.69) is 6.92 Å². The van der Waals surface area contributed by atoms with E-state index in [-0.39, 0.29) is 17.5 Å². The van der Waals surface area contributed by atoms with Crippen LogP contribution in [0.1, 0.15) is 37.4 Å². The zero-order chi connectivity index (χ0) is 20.1. The van der Waals surface area contributed by atoms with Gasteiger partial charge in [-0.2, -0.15) is 0 Å². The first-order valence-corrected chi connectivity index (χ1v) is 9.68. The fourth-order valence-electron chi connectivity index (χ4n) is 3.60. The van der Waals surface area contributed by atoms with Gasteiger partial charge in [0.1, 0.15) is 5.75 Å². The number of hydrogen-bond acceptors (Lipinski definition) is 4. The van der Waals surface area contributed by atoms with E-state index < -0.39 is 0 Å². The largest absolute Gasteiger partial charge is 0.494 e. The number of aromatic hydroxyl groups is 1. The molecule has 148 valence electrons. The van der Waals surface area contributed by atoms with E-state index >= 15 is 0 Å². The van der Waals surface area contributed by atoms with Crippen LogP contribution in [0, 0.1) is 0 Å². The summed E-state index contributed by atoms with van der Waals surface area (Å²) >= 11 is 0. The zero-order valence-corrected chi connectivity index (χ0v) is 16.6. The molecule has 3 aromatic rings. The molecule has 0 saturated heterocycles. The lowest BCUT2D eigenvalue weighted by atomic mass is 9.99. The van der Waals surface area contributed by atoms with Crippen LogP contribution in [-0.4, -0.2) is 30.0 Å². The normalized spacial score (nSPS) is 12.2. The number of hydrogen-bond donors (Lipinski definition) is 1. The summed E-state index contributed by atoms with van der Waals surface area (Å²) in [5.41, 5.74) is 1.78. The van der Waals surface area contributed by atoms with Crippen LogP contribution in [0.15, 0.2) is 53.3 Å². The molecular formula is C23H27NO4. The van der Waals surface area contributed by atoms with Crippen molar-refractivity contribution >= 4 is 10.8 Å². The molecule has 0 aliphatic rings. The first-order valence-electron chi connectivity index (χ1n) is 9.68. The SMILES string of the molecule is CCOc1cc(C(CCOC)n2c(O)c3ccccc3cc2=O)ccc1CC. The maximum Gasteiger partial charge on any atom is 0.254 e. The summed E-state index contributed by atoms with van der Waals surface area (Å²) in [5.74, 6) is 0.792. The van der Waals surface area contributed by atoms with Gasteiger partial charge in [-0.1, -0.05) is 37.3 Å². The molecule has 5 nitrogen and oxygen atoms in total. The zero-order valence-electron chi connectivity index (χ0n) is 16.6. The average Bonchev–Trinajstić information content (AvgIpc) is 2.70. The van der Waals surface area contributed by atoms with Crippen molar-refractivity contribution in [1.82, 2.24) is 4.57 Å². The number of benzene rings is 2. The highest BCUT2D eigenvalue weighted by atomic mass is 16.5. The number of methoxy groups -OCH3 is 1. The van der Waals surface area contributed by atoms with Crippen molar-refractivity contribution in [3.8, 4) is 11.6 Å². The summed E-state index contributed by atoms with van der Waals surface area (Å²) < 4.78 is 12.5. The number of aryl methyl sites for hydroxylation is 1. The third-order valence-electron chi connectivity index (χ3n) is 5.01. The molecule has 0 amide bonds. The quantitative estimate of drug-likeness (QED) is 0.632. The fourth-order valence-corrected chi connectivity index (χ4v) is 3.60. The van der Waals surface area contributed by atoms with Crippen molar-refractivity contribution in [2.75, 3.05) is 20.3 Å². The molecule has 0 aliphatic heterocycles. The molecule has 1 unspecified atom stereocenters. The Labute approximate surface area is 165 Å². The number of rotatable bonds is 8. The molecule has 0 bridgehead atoms. The predicted molar refractivity (Wildman–Crippen MR) is 111 cm³/mol. The van der Waals surface area contributed by atoms with Crippen LogP contribution in [0.3, 0.4) is 0 Å². The summed E-state index contributed by atoms with van der Waals surface area (Å²) in [6.07, 6.45) is 1.42. The van der Waals surface area contributed by atoms with E-state index in [1.165, 1.54) is 4.57 Å². The molecule has 1 heterocycles. The number of ether oxygens (including phenoxy) is 2. The molecule has 2 aromatic carbocycles. The van der Waals surface area contributed by atoms with Crippen LogP contribution < -0.4 is 10.3 Å². The Hall–Kier alpha value is -2.79. The summed E-state index contributed by atoms with van der Waals surface area (Å²) in [5, 5.41) is 12.3. The molecule has 1 atom stereocenters. The molecule has 3 rings (SSSR count). The van der Waals surface area contributed by atoms with Gasteiger partial charge in [-0.25, -0.2) is 0 Å². The Kier molecular flexibility index (Phi) is 6.37.